The van der Waals surface area contributed by atoms with E-state index in [0.29, 0.717) is 0 Å². The van der Waals surface area contributed by atoms with E-state index in [2.05, 4.69) is 72.5 Å². The molecule has 0 aliphatic rings. The predicted octanol–water partition coefficient (Wildman–Crippen LogP) is 5.34. The Morgan fingerprint density at radius 1 is 0.500 bits per heavy atom. The van der Waals surface area contributed by atoms with E-state index < -0.39 is 0 Å². The van der Waals surface area contributed by atoms with Gasteiger partial charge in [-0.1, -0.05) is 48.5 Å². The first-order valence-corrected chi connectivity index (χ1v) is 6.67. The van der Waals surface area contributed by atoms with Gasteiger partial charge in [0.25, 0.3) is 0 Å². The van der Waals surface area contributed by atoms with Crippen LogP contribution in [-0.2, 0) is 0 Å². The molecule has 0 heterocycles. The van der Waals surface area contributed by atoms with Crippen molar-refractivity contribution in [3.63, 3.8) is 0 Å². The van der Waals surface area contributed by atoms with Crippen LogP contribution in [0.25, 0.3) is 0 Å². The first-order valence-electron chi connectivity index (χ1n) is 6.67. The van der Waals surface area contributed by atoms with Gasteiger partial charge < -0.3 is 4.90 Å². The van der Waals surface area contributed by atoms with Crippen molar-refractivity contribution in [1.29, 1.82) is 0 Å². The molecule has 0 saturated carbocycles. The predicted molar refractivity (Wildman–Crippen MR) is 85.6 cm³/mol. The molecule has 0 spiro atoms. The molecule has 0 unspecified atom stereocenters. The van der Waals surface area contributed by atoms with Crippen LogP contribution in [0.15, 0.2) is 84.9 Å². The van der Waals surface area contributed by atoms with Gasteiger partial charge in [-0.2, -0.15) is 0 Å². The third-order valence-corrected chi connectivity index (χ3v) is 3.22. The van der Waals surface area contributed by atoms with Crippen molar-refractivity contribution >= 4 is 17.1 Å². The molecule has 0 aliphatic carbocycles. The molecule has 20 heavy (non-hydrogen) atoms. The molecule has 0 fully saturated rings. The van der Waals surface area contributed by atoms with Crippen LogP contribution in [0, 0.1) is 6.92 Å². The molecular formula is C19H16N. The van der Waals surface area contributed by atoms with Crippen molar-refractivity contribution in [3.05, 3.63) is 97.4 Å². The van der Waals surface area contributed by atoms with E-state index in [0.717, 1.165) is 22.6 Å². The summed E-state index contributed by atoms with van der Waals surface area (Å²) in [7, 11) is 0. The molecular weight excluding hydrogens is 242 g/mol. The van der Waals surface area contributed by atoms with Crippen LogP contribution in [0.2, 0.25) is 0 Å². The van der Waals surface area contributed by atoms with Gasteiger partial charge in [0.2, 0.25) is 0 Å². The maximum atomic E-state index is 3.95. The van der Waals surface area contributed by atoms with Crippen molar-refractivity contribution in [2.24, 2.45) is 0 Å². The molecule has 1 nitrogen and oxygen atoms in total. The Bertz CT molecular complexity index is 618. The second kappa shape index (κ2) is 5.62. The van der Waals surface area contributed by atoms with Crippen molar-refractivity contribution in [1.82, 2.24) is 0 Å². The fraction of sp³-hybridized carbons (Fsp3) is 0. The van der Waals surface area contributed by atoms with Gasteiger partial charge in [0, 0.05) is 17.1 Å². The zero-order chi connectivity index (χ0) is 13.8. The van der Waals surface area contributed by atoms with Crippen molar-refractivity contribution in [2.75, 3.05) is 4.90 Å². The van der Waals surface area contributed by atoms with Gasteiger partial charge in [-0.15, -0.1) is 0 Å². The van der Waals surface area contributed by atoms with E-state index in [-0.39, 0.29) is 0 Å². The third kappa shape index (κ3) is 2.57. The summed E-state index contributed by atoms with van der Waals surface area (Å²) in [6.07, 6.45) is 0. The number of hydrogen-bond donors (Lipinski definition) is 0. The number of anilines is 3. The molecule has 3 aromatic rings. The zero-order valence-electron chi connectivity index (χ0n) is 11.2. The van der Waals surface area contributed by atoms with Gasteiger partial charge >= 0.3 is 0 Å². The Morgan fingerprint density at radius 2 is 0.900 bits per heavy atom. The highest BCUT2D eigenvalue weighted by Gasteiger charge is 2.10. The Balaban J connectivity index is 2.11. The molecule has 0 atom stereocenters. The molecule has 0 amide bonds. The zero-order valence-corrected chi connectivity index (χ0v) is 11.2. The lowest BCUT2D eigenvalue weighted by atomic mass is 10.1. The van der Waals surface area contributed by atoms with Crippen LogP contribution in [0.5, 0.6) is 0 Å². The van der Waals surface area contributed by atoms with Gasteiger partial charge in [0.1, 0.15) is 0 Å². The van der Waals surface area contributed by atoms with E-state index in [1.807, 2.05) is 24.3 Å². The summed E-state index contributed by atoms with van der Waals surface area (Å²) >= 11 is 0. The Kier molecular flexibility index (Phi) is 3.51. The van der Waals surface area contributed by atoms with Crippen molar-refractivity contribution < 1.29 is 0 Å². The van der Waals surface area contributed by atoms with Gasteiger partial charge in [-0.3, -0.25) is 0 Å². The van der Waals surface area contributed by atoms with E-state index in [1.165, 1.54) is 0 Å². The van der Waals surface area contributed by atoms with Crippen LogP contribution in [-0.4, -0.2) is 0 Å². The Hall–Kier alpha value is -2.54. The Morgan fingerprint density at radius 3 is 1.35 bits per heavy atom. The maximum Gasteiger partial charge on any atom is 0.0461 e. The van der Waals surface area contributed by atoms with E-state index >= 15 is 0 Å². The SMILES string of the molecule is [CH2]c1ccc(N(c2ccccc2)c2ccccc2)cc1. The number of benzene rings is 3. The second-order valence-electron chi connectivity index (χ2n) is 4.67. The van der Waals surface area contributed by atoms with Crippen LogP contribution in [0.3, 0.4) is 0 Å². The fourth-order valence-corrected chi connectivity index (χ4v) is 2.25. The minimum absolute atomic E-state index is 1.02. The standard InChI is InChI=1S/C19H16N/c1-16-12-14-19(15-13-16)20(17-8-4-2-5-9-17)18-10-6-3-7-11-18/h2-15H,1H2. The van der Waals surface area contributed by atoms with Crippen LogP contribution in [0.4, 0.5) is 17.1 Å². The van der Waals surface area contributed by atoms with Crippen LogP contribution >= 0.6 is 0 Å². The first-order chi connectivity index (χ1) is 9.84. The molecule has 1 radical (unpaired) electrons. The smallest absolute Gasteiger partial charge is 0.0461 e. The summed E-state index contributed by atoms with van der Waals surface area (Å²) in [6.45, 7) is 3.95. The topological polar surface area (TPSA) is 3.24 Å². The largest absolute Gasteiger partial charge is 0.311 e. The molecule has 0 N–H and O–H groups in total. The summed E-state index contributed by atoms with van der Waals surface area (Å²) in [5.74, 6) is 0. The summed E-state index contributed by atoms with van der Waals surface area (Å²) in [5, 5.41) is 0. The second-order valence-corrected chi connectivity index (χ2v) is 4.67. The lowest BCUT2D eigenvalue weighted by Gasteiger charge is -2.25. The van der Waals surface area contributed by atoms with Gasteiger partial charge in [-0.05, 0) is 48.9 Å². The lowest BCUT2D eigenvalue weighted by molar-refractivity contribution is 1.28. The quantitative estimate of drug-likeness (QED) is 0.613. The van der Waals surface area contributed by atoms with Crippen molar-refractivity contribution in [2.45, 2.75) is 0 Å². The monoisotopic (exact) mass is 258 g/mol. The highest BCUT2D eigenvalue weighted by molar-refractivity contribution is 5.76. The molecule has 3 aromatic carbocycles. The average molecular weight is 258 g/mol. The van der Waals surface area contributed by atoms with Gasteiger partial charge in [0.05, 0.1) is 0 Å². The summed E-state index contributed by atoms with van der Waals surface area (Å²) < 4.78 is 0. The molecule has 0 saturated heterocycles. The molecule has 97 valence electrons. The van der Waals surface area contributed by atoms with E-state index in [4.69, 9.17) is 0 Å². The number of rotatable bonds is 3. The van der Waals surface area contributed by atoms with E-state index in [1.54, 1.807) is 0 Å². The third-order valence-electron chi connectivity index (χ3n) is 3.22. The van der Waals surface area contributed by atoms with Gasteiger partial charge in [-0.25, -0.2) is 0 Å². The number of nitrogens with zero attached hydrogens (tertiary/aromatic N) is 1. The summed E-state index contributed by atoms with van der Waals surface area (Å²) in [5.41, 5.74) is 4.45. The highest BCUT2D eigenvalue weighted by atomic mass is 15.1. The molecule has 0 aliphatic heterocycles. The average Bonchev–Trinajstić information content (AvgIpc) is 2.52. The van der Waals surface area contributed by atoms with Gasteiger partial charge in [0.15, 0.2) is 0 Å². The lowest BCUT2D eigenvalue weighted by Crippen LogP contribution is -2.09. The highest BCUT2D eigenvalue weighted by Crippen LogP contribution is 2.33. The van der Waals surface area contributed by atoms with Crippen LogP contribution in [0.1, 0.15) is 5.56 Å². The number of hydrogen-bond acceptors (Lipinski definition) is 1. The first kappa shape index (κ1) is 12.5. The number of para-hydroxylation sites is 2. The molecule has 3 rings (SSSR count). The molecule has 0 aromatic heterocycles. The fourth-order valence-electron chi connectivity index (χ4n) is 2.25. The summed E-state index contributed by atoms with van der Waals surface area (Å²) in [6, 6.07) is 29.0. The summed E-state index contributed by atoms with van der Waals surface area (Å²) in [4.78, 5) is 2.24. The van der Waals surface area contributed by atoms with Crippen molar-refractivity contribution in [3.8, 4) is 0 Å². The Labute approximate surface area is 120 Å². The minimum atomic E-state index is 1.02. The van der Waals surface area contributed by atoms with Crippen LogP contribution < -0.4 is 4.90 Å². The van der Waals surface area contributed by atoms with E-state index in [9.17, 15) is 0 Å². The minimum Gasteiger partial charge on any atom is -0.311 e. The molecule has 1 heteroatoms. The maximum absolute atomic E-state index is 3.95. The normalized spacial score (nSPS) is 10.2. The molecule has 0 bridgehead atoms.